The zero-order chi connectivity index (χ0) is 14.9. The van der Waals surface area contributed by atoms with Crippen molar-refractivity contribution in [2.75, 3.05) is 6.54 Å². The van der Waals surface area contributed by atoms with Crippen molar-refractivity contribution in [2.45, 2.75) is 32.7 Å². The Morgan fingerprint density at radius 2 is 2.20 bits per heavy atom. The second kappa shape index (κ2) is 5.19. The molecule has 108 valence electrons. The van der Waals surface area contributed by atoms with Gasteiger partial charge in [-0.3, -0.25) is 4.79 Å². The molecule has 1 amide bonds. The number of pyridine rings is 1. The van der Waals surface area contributed by atoms with Crippen molar-refractivity contribution in [3.63, 3.8) is 0 Å². The molecule has 1 fully saturated rings. The van der Waals surface area contributed by atoms with Gasteiger partial charge in [-0.2, -0.15) is 4.39 Å². The second-order valence-electron chi connectivity index (χ2n) is 5.67. The summed E-state index contributed by atoms with van der Waals surface area (Å²) in [7, 11) is 0. The predicted molar refractivity (Wildman–Crippen MR) is 69.7 cm³/mol. The largest absolute Gasteiger partial charge is 0.480 e. The highest BCUT2D eigenvalue weighted by molar-refractivity contribution is 5.96. The molecular formula is C14H17FN2O3. The van der Waals surface area contributed by atoms with Gasteiger partial charge in [-0.25, -0.2) is 9.78 Å². The highest BCUT2D eigenvalue weighted by Crippen LogP contribution is 2.36. The van der Waals surface area contributed by atoms with E-state index in [-0.39, 0.29) is 5.56 Å². The van der Waals surface area contributed by atoms with Crippen molar-refractivity contribution < 1.29 is 19.1 Å². The Morgan fingerprint density at radius 3 is 2.80 bits per heavy atom. The van der Waals surface area contributed by atoms with Crippen molar-refractivity contribution in [1.29, 1.82) is 0 Å². The number of aromatic nitrogens is 1. The third-order valence-electron chi connectivity index (χ3n) is 3.76. The molecule has 1 aromatic heterocycles. The molecular weight excluding hydrogens is 263 g/mol. The Labute approximate surface area is 116 Å². The van der Waals surface area contributed by atoms with E-state index in [2.05, 4.69) is 4.98 Å². The molecule has 1 atom stereocenters. The summed E-state index contributed by atoms with van der Waals surface area (Å²) in [6.45, 7) is 3.93. The van der Waals surface area contributed by atoms with Crippen LogP contribution < -0.4 is 0 Å². The van der Waals surface area contributed by atoms with Gasteiger partial charge in [0.2, 0.25) is 5.95 Å². The van der Waals surface area contributed by atoms with Gasteiger partial charge in [0.15, 0.2) is 0 Å². The van der Waals surface area contributed by atoms with Crippen LogP contribution in [0.25, 0.3) is 0 Å². The van der Waals surface area contributed by atoms with Crippen LogP contribution in [0, 0.1) is 11.4 Å². The van der Waals surface area contributed by atoms with Crippen molar-refractivity contribution in [3.05, 3.63) is 29.8 Å². The van der Waals surface area contributed by atoms with Gasteiger partial charge in [0, 0.05) is 12.7 Å². The van der Waals surface area contributed by atoms with Crippen LogP contribution in [0.2, 0.25) is 0 Å². The summed E-state index contributed by atoms with van der Waals surface area (Å²) in [6.07, 6.45) is 2.66. The first kappa shape index (κ1) is 14.4. The lowest BCUT2D eigenvalue weighted by molar-refractivity contribution is -0.148. The highest BCUT2D eigenvalue weighted by atomic mass is 19.1. The zero-order valence-electron chi connectivity index (χ0n) is 11.5. The molecule has 0 aliphatic carbocycles. The summed E-state index contributed by atoms with van der Waals surface area (Å²) in [4.78, 5) is 28.6. The molecule has 1 N–H and O–H groups in total. The molecule has 1 saturated heterocycles. The lowest BCUT2D eigenvalue weighted by atomic mass is 9.76. The summed E-state index contributed by atoms with van der Waals surface area (Å²) in [5.74, 6) is -2.55. The van der Waals surface area contributed by atoms with E-state index in [1.54, 1.807) is 0 Å². The summed E-state index contributed by atoms with van der Waals surface area (Å²) in [5, 5.41) is 9.41. The van der Waals surface area contributed by atoms with E-state index in [4.69, 9.17) is 0 Å². The Balaban J connectivity index is 2.37. The molecule has 1 aliphatic heterocycles. The molecule has 20 heavy (non-hydrogen) atoms. The van der Waals surface area contributed by atoms with Crippen molar-refractivity contribution >= 4 is 11.9 Å². The summed E-state index contributed by atoms with van der Waals surface area (Å²) in [6, 6.07) is 1.83. The fourth-order valence-corrected chi connectivity index (χ4v) is 2.78. The van der Waals surface area contributed by atoms with Crippen LogP contribution in [0.15, 0.2) is 18.3 Å². The number of amides is 1. The molecule has 1 aromatic rings. The molecule has 5 nitrogen and oxygen atoms in total. The number of halogens is 1. The molecule has 2 rings (SSSR count). The number of carbonyl (C=O) groups is 2. The molecule has 1 unspecified atom stereocenters. The first-order valence-electron chi connectivity index (χ1n) is 6.49. The molecule has 0 radical (unpaired) electrons. The summed E-state index contributed by atoms with van der Waals surface area (Å²) >= 11 is 0. The number of hydrogen-bond acceptors (Lipinski definition) is 3. The Bertz CT molecular complexity index is 545. The van der Waals surface area contributed by atoms with Crippen LogP contribution >= 0.6 is 0 Å². The Kier molecular flexibility index (Phi) is 3.74. The molecule has 0 saturated carbocycles. The normalized spacial score (nSPS) is 21.6. The smallest absolute Gasteiger partial charge is 0.326 e. The van der Waals surface area contributed by atoms with Crippen LogP contribution in [0.5, 0.6) is 0 Å². The third kappa shape index (κ3) is 2.50. The quantitative estimate of drug-likeness (QED) is 0.840. The fourth-order valence-electron chi connectivity index (χ4n) is 2.78. The number of carbonyl (C=O) groups excluding carboxylic acids is 1. The van der Waals surface area contributed by atoms with Crippen LogP contribution in [-0.2, 0) is 4.79 Å². The number of piperidine rings is 1. The van der Waals surface area contributed by atoms with Gasteiger partial charge >= 0.3 is 5.97 Å². The van der Waals surface area contributed by atoms with Gasteiger partial charge in [-0.15, -0.1) is 0 Å². The number of carboxylic acid groups (broad SMARTS) is 1. The van der Waals surface area contributed by atoms with Gasteiger partial charge < -0.3 is 10.0 Å². The van der Waals surface area contributed by atoms with Crippen molar-refractivity contribution in [1.82, 2.24) is 9.88 Å². The first-order chi connectivity index (χ1) is 9.34. The monoisotopic (exact) mass is 280 g/mol. The minimum Gasteiger partial charge on any atom is -0.480 e. The van der Waals surface area contributed by atoms with Crippen LogP contribution in [0.3, 0.4) is 0 Å². The van der Waals surface area contributed by atoms with E-state index in [0.717, 1.165) is 0 Å². The van der Waals surface area contributed by atoms with Gasteiger partial charge in [-0.1, -0.05) is 13.8 Å². The van der Waals surface area contributed by atoms with Gasteiger partial charge in [0.1, 0.15) is 6.04 Å². The van der Waals surface area contributed by atoms with E-state index in [9.17, 15) is 19.1 Å². The predicted octanol–water partition coefficient (Wildman–Crippen LogP) is 1.94. The Hall–Kier alpha value is -1.98. The summed E-state index contributed by atoms with van der Waals surface area (Å²) in [5.41, 5.74) is -0.727. The van der Waals surface area contributed by atoms with Crippen LogP contribution in [0.1, 0.15) is 37.0 Å². The third-order valence-corrected chi connectivity index (χ3v) is 3.76. The van der Waals surface area contributed by atoms with Gasteiger partial charge in [0.05, 0.1) is 5.56 Å². The minimum atomic E-state index is -1.06. The number of carboxylic acids is 1. The maximum Gasteiger partial charge on any atom is 0.326 e. The molecule has 0 bridgehead atoms. The Morgan fingerprint density at radius 1 is 1.50 bits per heavy atom. The standard InChI is InChI=1S/C14H17FN2O3/c1-14(2)6-4-8-17(10(14)13(19)20)12(18)9-5-3-7-16-11(9)15/h3,5,7,10H,4,6,8H2,1-2H3,(H,19,20). The van der Waals surface area contributed by atoms with E-state index in [1.807, 2.05) is 13.8 Å². The van der Waals surface area contributed by atoms with Gasteiger partial charge in [-0.05, 0) is 30.4 Å². The van der Waals surface area contributed by atoms with Crippen LogP contribution in [0.4, 0.5) is 4.39 Å². The van der Waals surface area contributed by atoms with Crippen molar-refractivity contribution in [3.8, 4) is 0 Å². The maximum atomic E-state index is 13.6. The first-order valence-corrected chi connectivity index (χ1v) is 6.49. The topological polar surface area (TPSA) is 70.5 Å². The number of nitrogens with zero attached hydrogens (tertiary/aromatic N) is 2. The molecule has 0 spiro atoms. The summed E-state index contributed by atoms with van der Waals surface area (Å²) < 4.78 is 13.6. The van der Waals surface area contributed by atoms with Crippen molar-refractivity contribution in [2.24, 2.45) is 5.41 Å². The number of hydrogen-bond donors (Lipinski definition) is 1. The number of likely N-dealkylation sites (tertiary alicyclic amines) is 1. The molecule has 0 aromatic carbocycles. The number of rotatable bonds is 2. The second-order valence-corrected chi connectivity index (χ2v) is 5.67. The van der Waals surface area contributed by atoms with E-state index in [0.29, 0.717) is 19.4 Å². The van der Waals surface area contributed by atoms with E-state index in [1.165, 1.54) is 23.2 Å². The zero-order valence-corrected chi connectivity index (χ0v) is 11.5. The lowest BCUT2D eigenvalue weighted by Gasteiger charge is -2.43. The van der Waals surface area contributed by atoms with Gasteiger partial charge in [0.25, 0.3) is 5.91 Å². The van der Waals surface area contributed by atoms with Crippen LogP contribution in [-0.4, -0.2) is 39.5 Å². The lowest BCUT2D eigenvalue weighted by Crippen LogP contribution is -2.56. The highest BCUT2D eigenvalue weighted by Gasteiger charge is 2.45. The average Bonchev–Trinajstić information content (AvgIpc) is 2.36. The maximum absolute atomic E-state index is 13.6. The van der Waals surface area contributed by atoms with E-state index < -0.39 is 29.3 Å². The fraction of sp³-hybridized carbons (Fsp3) is 0.500. The van der Waals surface area contributed by atoms with E-state index >= 15 is 0 Å². The molecule has 2 heterocycles. The average molecular weight is 280 g/mol. The molecule has 1 aliphatic rings. The molecule has 6 heteroatoms. The number of aliphatic carboxylic acids is 1. The minimum absolute atomic E-state index is 0.184. The SMILES string of the molecule is CC1(C)CCCN(C(=O)c2cccnc2F)C1C(=O)O.